The molecule has 0 atom stereocenters. The second-order valence-corrected chi connectivity index (χ2v) is 3.19. The fourth-order valence-corrected chi connectivity index (χ4v) is 1.30. The lowest BCUT2D eigenvalue weighted by atomic mass is 10.1. The van der Waals surface area contributed by atoms with Crippen molar-refractivity contribution >= 4 is 18.0 Å². The number of rotatable bonds is 5. The molecule has 2 amide bonds. The van der Waals surface area contributed by atoms with E-state index in [1.54, 1.807) is 31.2 Å². The molecule has 5 heteroatoms. The molecule has 0 aliphatic heterocycles. The molecule has 0 saturated carbocycles. The van der Waals surface area contributed by atoms with Crippen LogP contribution in [0.4, 0.5) is 0 Å². The normalized spacial score (nSPS) is 10.8. The fourth-order valence-electron chi connectivity index (χ4n) is 1.30. The van der Waals surface area contributed by atoms with E-state index < -0.39 is 5.91 Å². The number of oxime groups is 1. The van der Waals surface area contributed by atoms with Crippen LogP contribution in [0.1, 0.15) is 12.5 Å². The lowest BCUT2D eigenvalue weighted by Gasteiger charge is -2.13. The van der Waals surface area contributed by atoms with Gasteiger partial charge in [0.15, 0.2) is 5.71 Å². The first-order valence-electron chi connectivity index (χ1n) is 5.17. The number of carbonyl (C=O) groups excluding carboxylic acids is 2. The highest BCUT2D eigenvalue weighted by molar-refractivity contribution is 6.46. The topological polar surface area (TPSA) is 59.0 Å². The molecule has 0 saturated heterocycles. The molecule has 1 rings (SSSR count). The Morgan fingerprint density at radius 2 is 2.06 bits per heavy atom. The van der Waals surface area contributed by atoms with Crippen molar-refractivity contribution in [3.05, 3.63) is 35.9 Å². The van der Waals surface area contributed by atoms with E-state index in [2.05, 4.69) is 9.99 Å². The predicted molar refractivity (Wildman–Crippen MR) is 63.4 cm³/mol. The second-order valence-electron chi connectivity index (χ2n) is 3.19. The predicted octanol–water partition coefficient (Wildman–Crippen LogP) is 1.04. The molecule has 0 heterocycles. The Balaban J connectivity index is 3.07. The average Bonchev–Trinajstić information content (AvgIpc) is 2.38. The van der Waals surface area contributed by atoms with E-state index in [1.165, 1.54) is 7.11 Å². The molecule has 1 aromatic carbocycles. The Morgan fingerprint density at radius 1 is 1.41 bits per heavy atom. The van der Waals surface area contributed by atoms with Crippen molar-refractivity contribution < 1.29 is 14.4 Å². The van der Waals surface area contributed by atoms with Crippen LogP contribution in [0, 0.1) is 0 Å². The number of amides is 2. The molecule has 0 aliphatic carbocycles. The standard InChI is InChI=1S/C12H14N2O3/c1-3-14(9-15)12(16)11(13-17-2)10-7-5-4-6-8-10/h4-9H,3H2,1-2H3. The Morgan fingerprint density at radius 3 is 2.53 bits per heavy atom. The molecule has 0 radical (unpaired) electrons. The highest BCUT2D eigenvalue weighted by atomic mass is 16.6. The Kier molecular flexibility index (Phi) is 4.87. The summed E-state index contributed by atoms with van der Waals surface area (Å²) < 4.78 is 0. The highest BCUT2D eigenvalue weighted by Gasteiger charge is 2.20. The van der Waals surface area contributed by atoms with Gasteiger partial charge in [-0.05, 0) is 6.92 Å². The third-order valence-corrected chi connectivity index (χ3v) is 2.16. The summed E-state index contributed by atoms with van der Waals surface area (Å²) in [6, 6.07) is 8.86. The first kappa shape index (κ1) is 12.9. The van der Waals surface area contributed by atoms with E-state index in [1.807, 2.05) is 6.07 Å². The maximum Gasteiger partial charge on any atom is 0.282 e. The molecular weight excluding hydrogens is 220 g/mol. The summed E-state index contributed by atoms with van der Waals surface area (Å²) >= 11 is 0. The van der Waals surface area contributed by atoms with Gasteiger partial charge in [0, 0.05) is 12.1 Å². The van der Waals surface area contributed by atoms with Gasteiger partial charge in [0.2, 0.25) is 6.41 Å². The van der Waals surface area contributed by atoms with Crippen molar-refractivity contribution in [3.63, 3.8) is 0 Å². The molecule has 0 bridgehead atoms. The van der Waals surface area contributed by atoms with Gasteiger partial charge in [-0.3, -0.25) is 14.5 Å². The quantitative estimate of drug-likeness (QED) is 0.434. The van der Waals surface area contributed by atoms with Crippen LogP contribution in [0.25, 0.3) is 0 Å². The summed E-state index contributed by atoms with van der Waals surface area (Å²) in [7, 11) is 1.35. The molecule has 0 aromatic heterocycles. The van der Waals surface area contributed by atoms with Crippen LogP contribution in [0.5, 0.6) is 0 Å². The van der Waals surface area contributed by atoms with Gasteiger partial charge in [-0.2, -0.15) is 0 Å². The van der Waals surface area contributed by atoms with E-state index >= 15 is 0 Å². The van der Waals surface area contributed by atoms with Gasteiger partial charge in [0.25, 0.3) is 5.91 Å². The van der Waals surface area contributed by atoms with Crippen LogP contribution >= 0.6 is 0 Å². The monoisotopic (exact) mass is 234 g/mol. The minimum absolute atomic E-state index is 0.113. The maximum absolute atomic E-state index is 12.0. The van der Waals surface area contributed by atoms with Gasteiger partial charge in [0.1, 0.15) is 7.11 Å². The van der Waals surface area contributed by atoms with Gasteiger partial charge in [-0.15, -0.1) is 0 Å². The SMILES string of the molecule is CCN(C=O)C(=O)C(=NOC)c1ccccc1. The summed E-state index contributed by atoms with van der Waals surface area (Å²) in [5, 5.41) is 3.68. The maximum atomic E-state index is 12.0. The summed E-state index contributed by atoms with van der Waals surface area (Å²) in [4.78, 5) is 28.4. The molecule has 0 fully saturated rings. The van der Waals surface area contributed by atoms with E-state index in [9.17, 15) is 9.59 Å². The zero-order valence-electron chi connectivity index (χ0n) is 9.79. The molecule has 5 nitrogen and oxygen atoms in total. The van der Waals surface area contributed by atoms with Crippen molar-refractivity contribution in [2.24, 2.45) is 5.16 Å². The number of benzene rings is 1. The third-order valence-electron chi connectivity index (χ3n) is 2.16. The van der Waals surface area contributed by atoms with Gasteiger partial charge in [-0.1, -0.05) is 35.5 Å². The minimum atomic E-state index is -0.476. The number of hydrogen-bond acceptors (Lipinski definition) is 4. The smallest absolute Gasteiger partial charge is 0.282 e. The van der Waals surface area contributed by atoms with Crippen LogP contribution < -0.4 is 0 Å². The first-order valence-corrected chi connectivity index (χ1v) is 5.17. The summed E-state index contributed by atoms with van der Waals surface area (Å²) in [5.74, 6) is -0.476. The molecular formula is C12H14N2O3. The Labute approximate surface area is 99.7 Å². The number of hydrogen-bond donors (Lipinski definition) is 0. The molecule has 0 N–H and O–H groups in total. The lowest BCUT2D eigenvalue weighted by molar-refractivity contribution is -0.132. The van der Waals surface area contributed by atoms with Crippen molar-refractivity contribution in [2.75, 3.05) is 13.7 Å². The van der Waals surface area contributed by atoms with Crippen LogP contribution in [0.15, 0.2) is 35.5 Å². The van der Waals surface area contributed by atoms with Crippen LogP contribution in [-0.2, 0) is 14.4 Å². The largest absolute Gasteiger partial charge is 0.398 e. The summed E-state index contributed by atoms with van der Waals surface area (Å²) in [6.45, 7) is 2.00. The molecule has 17 heavy (non-hydrogen) atoms. The summed E-state index contributed by atoms with van der Waals surface area (Å²) in [6.07, 6.45) is 0.483. The molecule has 0 aliphatic rings. The summed E-state index contributed by atoms with van der Waals surface area (Å²) in [5.41, 5.74) is 0.724. The van der Waals surface area contributed by atoms with Crippen molar-refractivity contribution in [3.8, 4) is 0 Å². The van der Waals surface area contributed by atoms with Gasteiger partial charge < -0.3 is 4.84 Å². The van der Waals surface area contributed by atoms with Crippen LogP contribution in [0.3, 0.4) is 0 Å². The average molecular weight is 234 g/mol. The Bertz CT molecular complexity index is 415. The number of imide groups is 1. The number of nitrogens with zero attached hydrogens (tertiary/aromatic N) is 2. The van der Waals surface area contributed by atoms with Crippen LogP contribution in [0.2, 0.25) is 0 Å². The van der Waals surface area contributed by atoms with Crippen molar-refractivity contribution in [1.29, 1.82) is 0 Å². The first-order chi connectivity index (χ1) is 8.24. The van der Waals surface area contributed by atoms with E-state index in [0.717, 1.165) is 4.90 Å². The minimum Gasteiger partial charge on any atom is -0.398 e. The van der Waals surface area contributed by atoms with Crippen molar-refractivity contribution in [1.82, 2.24) is 4.90 Å². The van der Waals surface area contributed by atoms with Crippen LogP contribution in [-0.4, -0.2) is 36.6 Å². The Hall–Kier alpha value is -2.17. The van der Waals surface area contributed by atoms with Crippen molar-refractivity contribution in [2.45, 2.75) is 6.92 Å². The van der Waals surface area contributed by atoms with E-state index in [0.29, 0.717) is 12.0 Å². The third kappa shape index (κ3) is 3.14. The molecule has 0 spiro atoms. The number of likely N-dealkylation sites (N-methyl/N-ethyl adjacent to an activating group) is 1. The van der Waals surface area contributed by atoms with Gasteiger partial charge >= 0.3 is 0 Å². The zero-order valence-corrected chi connectivity index (χ0v) is 9.79. The second kappa shape index (κ2) is 6.42. The van der Waals surface area contributed by atoms with Gasteiger partial charge in [-0.25, -0.2) is 0 Å². The molecule has 0 unspecified atom stereocenters. The van der Waals surface area contributed by atoms with E-state index in [4.69, 9.17) is 0 Å². The molecule has 90 valence electrons. The van der Waals surface area contributed by atoms with Gasteiger partial charge in [0.05, 0.1) is 0 Å². The lowest BCUT2D eigenvalue weighted by Crippen LogP contribution is -2.36. The van der Waals surface area contributed by atoms with E-state index in [-0.39, 0.29) is 12.3 Å². The number of carbonyl (C=O) groups is 2. The molecule has 1 aromatic rings. The highest BCUT2D eigenvalue weighted by Crippen LogP contribution is 2.04. The fraction of sp³-hybridized carbons (Fsp3) is 0.250. The zero-order chi connectivity index (χ0) is 12.7.